The Balaban J connectivity index is 1.98. The number of alkyl halides is 7. The summed E-state index contributed by atoms with van der Waals surface area (Å²) in [5.74, 6) is -8.40. The number of nitriles is 1. The predicted octanol–water partition coefficient (Wildman–Crippen LogP) is 6.16. The lowest BCUT2D eigenvalue weighted by Crippen LogP contribution is -2.41. The minimum atomic E-state index is -5.08. The van der Waals surface area contributed by atoms with E-state index in [4.69, 9.17) is 11.6 Å². The first kappa shape index (κ1) is 34.6. The molecule has 17 heteroatoms. The number of carbonyl (C=O) groups excluding carboxylic acids is 1. The smallest absolute Gasteiger partial charge is 0.416 e. The van der Waals surface area contributed by atoms with Gasteiger partial charge < -0.3 is 14.2 Å². The largest absolute Gasteiger partial charge is 0.507 e. The van der Waals surface area contributed by atoms with Crippen molar-refractivity contribution in [2.24, 2.45) is 9.98 Å². The van der Waals surface area contributed by atoms with Crippen LogP contribution in [0.2, 0.25) is 5.02 Å². The first-order chi connectivity index (χ1) is 22.4. The number of aliphatic hydroxyl groups excluding tert-OH is 1. The van der Waals surface area contributed by atoms with Crippen molar-refractivity contribution in [1.29, 1.82) is 5.26 Å². The molecular formula is C31H21ClF9N5O2. The number of aromatic nitrogens is 2. The van der Waals surface area contributed by atoms with Crippen LogP contribution >= 0.6 is 11.6 Å². The normalized spacial score (nSPS) is 15.4. The van der Waals surface area contributed by atoms with Crippen molar-refractivity contribution in [3.8, 4) is 17.5 Å². The zero-order valence-electron chi connectivity index (χ0n) is 24.4. The van der Waals surface area contributed by atoms with Crippen LogP contribution in [0.25, 0.3) is 17.1 Å². The Hall–Kier alpha value is -4.78. The molecule has 5 rings (SSSR count). The fourth-order valence-electron chi connectivity index (χ4n) is 5.47. The predicted molar refractivity (Wildman–Crippen MR) is 152 cm³/mol. The Kier molecular flexibility index (Phi) is 9.13. The summed E-state index contributed by atoms with van der Waals surface area (Å²) in [4.78, 5) is 20.7. The molecule has 1 aliphatic carbocycles. The molecule has 3 aliphatic rings. The van der Waals surface area contributed by atoms with Gasteiger partial charge in [-0.15, -0.1) is 0 Å². The molecule has 2 heterocycles. The van der Waals surface area contributed by atoms with Crippen molar-refractivity contribution in [3.63, 3.8) is 0 Å². The van der Waals surface area contributed by atoms with Crippen LogP contribution in [0.5, 0.6) is 0 Å². The first-order valence-electron chi connectivity index (χ1n) is 14.0. The van der Waals surface area contributed by atoms with Crippen LogP contribution in [0.15, 0.2) is 46.4 Å². The quantitative estimate of drug-likeness (QED) is 0.244. The molecule has 0 aromatic heterocycles. The molecule has 252 valence electrons. The molecule has 0 saturated heterocycles. The van der Waals surface area contributed by atoms with E-state index in [1.807, 2.05) is 0 Å². The van der Waals surface area contributed by atoms with E-state index in [1.165, 1.54) is 0 Å². The number of rotatable bonds is 6. The van der Waals surface area contributed by atoms with Gasteiger partial charge in [-0.3, -0.25) is 4.79 Å². The first-order valence-corrected chi connectivity index (χ1v) is 14.4. The molecule has 7 nitrogen and oxygen atoms in total. The van der Waals surface area contributed by atoms with Gasteiger partial charge in [-0.05, 0) is 48.4 Å². The van der Waals surface area contributed by atoms with E-state index in [0.29, 0.717) is 12.5 Å². The Morgan fingerprint density at radius 2 is 1.83 bits per heavy atom. The van der Waals surface area contributed by atoms with E-state index in [0.717, 1.165) is 27.3 Å². The van der Waals surface area contributed by atoms with Gasteiger partial charge in [0, 0.05) is 11.1 Å². The second-order valence-electron chi connectivity index (χ2n) is 10.9. The molecule has 0 radical (unpaired) electrons. The minimum Gasteiger partial charge on any atom is -0.507 e. The Morgan fingerprint density at radius 1 is 1.15 bits per heavy atom. The molecule has 2 aliphatic heterocycles. The maximum atomic E-state index is 14.8. The summed E-state index contributed by atoms with van der Waals surface area (Å²) in [5.41, 5.74) is -4.67. The highest BCUT2D eigenvalue weighted by Crippen LogP contribution is 2.32. The van der Waals surface area contributed by atoms with Gasteiger partial charge in [-0.2, -0.15) is 18.4 Å². The number of fused-ring (bicyclic) bond motifs is 3. The molecule has 2 aromatic rings. The average Bonchev–Trinajstić information content (AvgIpc) is 3.27. The second-order valence-corrected chi connectivity index (χ2v) is 11.2. The Labute approximate surface area is 269 Å². The van der Waals surface area contributed by atoms with Crippen molar-refractivity contribution in [2.45, 2.75) is 51.4 Å². The second kappa shape index (κ2) is 12.7. The zero-order chi connectivity index (χ0) is 35.3. The lowest BCUT2D eigenvalue weighted by atomic mass is 9.99. The zero-order valence-corrected chi connectivity index (χ0v) is 25.2. The van der Waals surface area contributed by atoms with Crippen molar-refractivity contribution >= 4 is 23.3 Å². The maximum absolute atomic E-state index is 14.8. The lowest BCUT2D eigenvalue weighted by molar-refractivity contribution is -0.137. The number of amides is 1. The SMILES string of the molecule is CCCc1cc(F)cc(/C(O)=c2\c(C#N)c3n4c(n(CC(F)F)c-3cc2=NC(=O)c2cc(F)cc(C(F)(F)F)c2)=NCC(F)(F)C4)c1Cl. The number of aliphatic hydroxyl groups is 1. The van der Waals surface area contributed by atoms with Crippen LogP contribution in [0.3, 0.4) is 0 Å². The molecule has 2 aromatic carbocycles. The summed E-state index contributed by atoms with van der Waals surface area (Å²) in [5, 5.41) is 20.3. The van der Waals surface area contributed by atoms with Gasteiger partial charge >= 0.3 is 6.18 Å². The van der Waals surface area contributed by atoms with Gasteiger partial charge in [0.2, 0.25) is 5.62 Å². The Bertz CT molecular complexity index is 2160. The van der Waals surface area contributed by atoms with E-state index in [1.54, 1.807) is 13.0 Å². The van der Waals surface area contributed by atoms with Crippen LogP contribution in [0.4, 0.5) is 39.5 Å². The summed E-state index contributed by atoms with van der Waals surface area (Å²) >= 11 is 6.48. The standard InChI is InChI=1S/C31H21ClF9N5O2/c1-2-3-14-5-18(34)8-19(25(14)32)27(47)24-20(10-42)26-22(45(11-23(35)36)29-43-12-30(37,38)13-46(26)29)9-21(24)44-28(48)15-4-16(31(39,40)41)7-17(33)6-15/h4-9,23,47H,2-3,11-13H2,1H3/b27-24-,44-21?. The van der Waals surface area contributed by atoms with Crippen molar-refractivity contribution in [3.05, 3.63) is 97.1 Å². The Morgan fingerprint density at radius 3 is 2.46 bits per heavy atom. The van der Waals surface area contributed by atoms with Crippen molar-refractivity contribution in [2.75, 3.05) is 6.54 Å². The fourth-order valence-corrected chi connectivity index (χ4v) is 5.77. The van der Waals surface area contributed by atoms with E-state index < -0.39 is 111 Å². The third-order valence-electron chi connectivity index (χ3n) is 7.39. The number of benzene rings is 3. The van der Waals surface area contributed by atoms with Gasteiger partial charge in [0.05, 0.1) is 51.2 Å². The highest BCUT2D eigenvalue weighted by atomic mass is 35.5. The summed E-state index contributed by atoms with van der Waals surface area (Å²) in [6, 6.07) is 5.24. The molecule has 0 saturated carbocycles. The van der Waals surface area contributed by atoms with Crippen molar-refractivity contribution in [1.82, 2.24) is 9.13 Å². The van der Waals surface area contributed by atoms with E-state index in [-0.39, 0.29) is 29.1 Å². The highest BCUT2D eigenvalue weighted by Gasteiger charge is 2.38. The molecular weight excluding hydrogens is 681 g/mol. The van der Waals surface area contributed by atoms with E-state index in [9.17, 15) is 54.7 Å². The van der Waals surface area contributed by atoms with Gasteiger partial charge in [-0.25, -0.2) is 36.3 Å². The molecule has 0 fully saturated rings. The van der Waals surface area contributed by atoms with Gasteiger partial charge in [-0.1, -0.05) is 24.9 Å². The molecule has 1 N–H and O–H groups in total. The van der Waals surface area contributed by atoms with Crippen LogP contribution < -0.4 is 16.2 Å². The van der Waals surface area contributed by atoms with Crippen LogP contribution in [-0.4, -0.2) is 39.0 Å². The summed E-state index contributed by atoms with van der Waals surface area (Å²) in [6.07, 6.45) is -7.48. The summed E-state index contributed by atoms with van der Waals surface area (Å²) in [7, 11) is 0. The monoisotopic (exact) mass is 701 g/mol. The van der Waals surface area contributed by atoms with Gasteiger partial charge in [0.1, 0.15) is 30.0 Å². The summed E-state index contributed by atoms with van der Waals surface area (Å²) in [6.45, 7) is -1.64. The molecule has 0 bridgehead atoms. The van der Waals surface area contributed by atoms with Crippen LogP contribution in [-0.2, 0) is 25.7 Å². The number of aryl methyl sites for hydroxylation is 1. The third kappa shape index (κ3) is 6.51. The topological polar surface area (TPSA) is 95.7 Å². The van der Waals surface area contributed by atoms with Gasteiger partial charge in [0.15, 0.2) is 0 Å². The van der Waals surface area contributed by atoms with Crippen LogP contribution in [0, 0.1) is 23.0 Å². The minimum absolute atomic E-state index is 0.125. The number of halogens is 10. The number of hydrogen-bond acceptors (Lipinski definition) is 4. The lowest BCUT2D eigenvalue weighted by Gasteiger charge is -2.20. The molecule has 0 unspecified atom stereocenters. The number of hydrogen-bond donors (Lipinski definition) is 1. The van der Waals surface area contributed by atoms with E-state index in [2.05, 4.69) is 9.98 Å². The molecule has 1 amide bonds. The van der Waals surface area contributed by atoms with E-state index >= 15 is 0 Å². The summed E-state index contributed by atoms with van der Waals surface area (Å²) < 4.78 is 127. The number of imidazole rings is 1. The highest BCUT2D eigenvalue weighted by molar-refractivity contribution is 6.33. The maximum Gasteiger partial charge on any atom is 0.416 e. The average molecular weight is 702 g/mol. The third-order valence-corrected chi connectivity index (χ3v) is 7.84. The molecule has 0 spiro atoms. The number of nitrogens with zero attached hydrogens (tertiary/aromatic N) is 5. The van der Waals surface area contributed by atoms with Gasteiger partial charge in [0.25, 0.3) is 18.3 Å². The fraction of sp³-hybridized carbons (Fsp3) is 0.290. The molecule has 48 heavy (non-hydrogen) atoms. The number of carbonyl (C=O) groups is 1. The molecule has 0 atom stereocenters. The van der Waals surface area contributed by atoms with Crippen LogP contribution in [0.1, 0.15) is 46.0 Å². The van der Waals surface area contributed by atoms with Crippen molar-refractivity contribution < 1.29 is 49.4 Å².